The number of aromatic nitrogens is 3. The van der Waals surface area contributed by atoms with E-state index < -0.39 is 0 Å². The number of furan rings is 1. The Hall–Kier alpha value is -1.76. The molecule has 6 nitrogen and oxygen atoms in total. The molecule has 0 N–H and O–H groups in total. The Labute approximate surface area is 102 Å². The van der Waals surface area contributed by atoms with Gasteiger partial charge in [0, 0.05) is 0 Å². The summed E-state index contributed by atoms with van der Waals surface area (Å²) in [7, 11) is 1.36. The highest BCUT2D eigenvalue weighted by Gasteiger charge is 2.09. The summed E-state index contributed by atoms with van der Waals surface area (Å²) in [6.45, 7) is 0.545. The van der Waals surface area contributed by atoms with Crippen LogP contribution in [0.5, 0.6) is 0 Å². The Morgan fingerprint density at radius 1 is 1.65 bits per heavy atom. The van der Waals surface area contributed by atoms with Crippen LogP contribution < -0.4 is 0 Å². The highest BCUT2D eigenvalue weighted by molar-refractivity contribution is 7.99. The minimum atomic E-state index is -0.289. The molecule has 0 amide bonds. The van der Waals surface area contributed by atoms with Crippen molar-refractivity contribution in [3.8, 4) is 0 Å². The topological polar surface area (TPSA) is 70.2 Å². The van der Waals surface area contributed by atoms with Gasteiger partial charge < -0.3 is 13.7 Å². The minimum Gasteiger partial charge on any atom is -0.468 e. The minimum absolute atomic E-state index is 0.216. The molecule has 0 spiro atoms. The van der Waals surface area contributed by atoms with Gasteiger partial charge in [0.05, 0.1) is 25.7 Å². The molecule has 0 aliphatic rings. The van der Waals surface area contributed by atoms with Gasteiger partial charge in [0.2, 0.25) is 0 Å². The fourth-order valence-corrected chi connectivity index (χ4v) is 1.96. The molecule has 0 fully saturated rings. The monoisotopic (exact) mass is 253 g/mol. The third-order valence-electron chi connectivity index (χ3n) is 2.03. The molecule has 0 radical (unpaired) electrons. The number of hydrogen-bond acceptors (Lipinski definition) is 6. The van der Waals surface area contributed by atoms with Crippen LogP contribution in [0.2, 0.25) is 0 Å². The van der Waals surface area contributed by atoms with Crippen LogP contribution in [0.25, 0.3) is 0 Å². The second-order valence-corrected chi connectivity index (χ2v) is 4.13. The largest absolute Gasteiger partial charge is 0.468 e. The second kappa shape index (κ2) is 5.53. The van der Waals surface area contributed by atoms with E-state index in [2.05, 4.69) is 14.9 Å². The van der Waals surface area contributed by atoms with Crippen LogP contribution in [0, 0.1) is 0 Å². The zero-order valence-electron chi connectivity index (χ0n) is 9.20. The number of carbonyl (C=O) groups excluding carboxylic acids is 1. The van der Waals surface area contributed by atoms with E-state index in [1.54, 1.807) is 12.6 Å². The summed E-state index contributed by atoms with van der Waals surface area (Å²) in [5, 5.41) is 8.39. The molecule has 0 unspecified atom stereocenters. The fraction of sp³-hybridized carbons (Fsp3) is 0.300. The first-order valence-electron chi connectivity index (χ1n) is 4.89. The lowest BCUT2D eigenvalue weighted by Crippen LogP contribution is -2.05. The van der Waals surface area contributed by atoms with Gasteiger partial charge in [-0.2, -0.15) is 0 Å². The lowest BCUT2D eigenvalue weighted by molar-refractivity contribution is -0.137. The van der Waals surface area contributed by atoms with Gasteiger partial charge >= 0.3 is 5.97 Å². The maximum Gasteiger partial charge on any atom is 0.316 e. The number of nitrogens with zero attached hydrogens (tertiary/aromatic N) is 3. The van der Waals surface area contributed by atoms with E-state index in [1.807, 2.05) is 16.7 Å². The van der Waals surface area contributed by atoms with Crippen molar-refractivity contribution in [2.75, 3.05) is 12.9 Å². The molecule has 0 saturated heterocycles. The zero-order chi connectivity index (χ0) is 12.1. The maximum absolute atomic E-state index is 11.0. The Bertz CT molecular complexity index is 481. The fourth-order valence-electron chi connectivity index (χ4n) is 1.22. The molecule has 0 aliphatic carbocycles. The van der Waals surface area contributed by atoms with Gasteiger partial charge in [0.25, 0.3) is 0 Å². The summed E-state index contributed by atoms with van der Waals surface area (Å²) in [6.07, 6.45) is 3.21. The smallest absolute Gasteiger partial charge is 0.316 e. The summed E-state index contributed by atoms with van der Waals surface area (Å²) >= 11 is 1.28. The average molecular weight is 253 g/mol. The molecular formula is C10H11N3O3S. The average Bonchev–Trinajstić information content (AvgIpc) is 2.98. The first kappa shape index (κ1) is 11.7. The van der Waals surface area contributed by atoms with Crippen LogP contribution in [0.3, 0.4) is 0 Å². The third kappa shape index (κ3) is 3.10. The summed E-state index contributed by atoms with van der Waals surface area (Å²) in [5.41, 5.74) is 0. The quantitative estimate of drug-likeness (QED) is 0.588. The van der Waals surface area contributed by atoms with Crippen molar-refractivity contribution in [1.29, 1.82) is 0 Å². The van der Waals surface area contributed by atoms with Gasteiger partial charge in [0.1, 0.15) is 12.1 Å². The van der Waals surface area contributed by atoms with Crippen molar-refractivity contribution in [3.05, 3.63) is 30.5 Å². The van der Waals surface area contributed by atoms with E-state index >= 15 is 0 Å². The summed E-state index contributed by atoms with van der Waals surface area (Å²) in [5.74, 6) is 0.736. The van der Waals surface area contributed by atoms with Crippen molar-refractivity contribution in [3.63, 3.8) is 0 Å². The van der Waals surface area contributed by atoms with Crippen molar-refractivity contribution in [1.82, 2.24) is 14.8 Å². The number of methoxy groups -OCH3 is 1. The van der Waals surface area contributed by atoms with Crippen LogP contribution in [-0.4, -0.2) is 33.6 Å². The molecule has 0 saturated carbocycles. The van der Waals surface area contributed by atoms with E-state index in [0.717, 1.165) is 5.76 Å². The summed E-state index contributed by atoms with van der Waals surface area (Å²) in [6, 6.07) is 3.69. The maximum atomic E-state index is 11.0. The molecule has 2 aromatic heterocycles. The zero-order valence-corrected chi connectivity index (χ0v) is 10.0. The van der Waals surface area contributed by atoms with Crippen LogP contribution >= 0.6 is 11.8 Å². The number of carbonyl (C=O) groups is 1. The molecule has 0 bridgehead atoms. The molecular weight excluding hydrogens is 242 g/mol. The number of rotatable bonds is 5. The summed E-state index contributed by atoms with van der Waals surface area (Å²) < 4.78 is 11.6. The van der Waals surface area contributed by atoms with Crippen molar-refractivity contribution >= 4 is 17.7 Å². The first-order chi connectivity index (χ1) is 8.29. The Morgan fingerprint density at radius 3 is 3.24 bits per heavy atom. The first-order valence-corrected chi connectivity index (χ1v) is 5.88. The van der Waals surface area contributed by atoms with E-state index in [4.69, 9.17) is 4.42 Å². The van der Waals surface area contributed by atoms with Gasteiger partial charge in [-0.3, -0.25) is 4.79 Å². The van der Waals surface area contributed by atoms with Crippen molar-refractivity contribution in [2.45, 2.75) is 11.7 Å². The van der Waals surface area contributed by atoms with Gasteiger partial charge in [-0.05, 0) is 12.1 Å². The van der Waals surface area contributed by atoms with Gasteiger partial charge in [-0.1, -0.05) is 11.8 Å². The standard InChI is InChI=1S/C10H11N3O3S/c1-15-9(14)6-17-10-12-11-7-13(10)5-8-3-2-4-16-8/h2-4,7H,5-6H2,1H3. The molecule has 0 atom stereocenters. The van der Waals surface area contributed by atoms with Crippen LogP contribution in [0.1, 0.15) is 5.76 Å². The van der Waals surface area contributed by atoms with E-state index in [0.29, 0.717) is 11.7 Å². The highest BCUT2D eigenvalue weighted by Crippen LogP contribution is 2.16. The van der Waals surface area contributed by atoms with Crippen molar-refractivity contribution < 1.29 is 13.9 Å². The lowest BCUT2D eigenvalue weighted by Gasteiger charge is -2.03. The van der Waals surface area contributed by atoms with Gasteiger partial charge in [-0.25, -0.2) is 0 Å². The Kier molecular flexibility index (Phi) is 3.81. The van der Waals surface area contributed by atoms with Crippen molar-refractivity contribution in [2.24, 2.45) is 0 Å². The predicted octanol–water partition coefficient (Wildman–Crippen LogP) is 1.18. The Morgan fingerprint density at radius 2 is 2.53 bits per heavy atom. The van der Waals surface area contributed by atoms with E-state index in [-0.39, 0.29) is 11.7 Å². The van der Waals surface area contributed by atoms with Crippen LogP contribution in [-0.2, 0) is 16.1 Å². The highest BCUT2D eigenvalue weighted by atomic mass is 32.2. The molecule has 17 heavy (non-hydrogen) atoms. The number of esters is 1. The molecule has 90 valence electrons. The molecule has 7 heteroatoms. The van der Waals surface area contributed by atoms with Gasteiger partial charge in [-0.15, -0.1) is 10.2 Å². The number of thioether (sulfide) groups is 1. The molecule has 2 heterocycles. The second-order valence-electron chi connectivity index (χ2n) is 3.19. The molecule has 2 rings (SSSR count). The van der Waals surface area contributed by atoms with Crippen LogP contribution in [0.4, 0.5) is 0 Å². The molecule has 2 aromatic rings. The van der Waals surface area contributed by atoms with E-state index in [1.165, 1.54) is 18.9 Å². The normalized spacial score (nSPS) is 10.4. The SMILES string of the molecule is COC(=O)CSc1nncn1Cc1ccco1. The lowest BCUT2D eigenvalue weighted by atomic mass is 10.4. The van der Waals surface area contributed by atoms with Gasteiger partial charge in [0.15, 0.2) is 5.16 Å². The summed E-state index contributed by atoms with van der Waals surface area (Å²) in [4.78, 5) is 11.0. The number of ether oxygens (including phenoxy) is 1. The van der Waals surface area contributed by atoms with E-state index in [9.17, 15) is 4.79 Å². The third-order valence-corrected chi connectivity index (χ3v) is 2.99. The molecule has 0 aliphatic heterocycles. The Balaban J connectivity index is 1.99. The van der Waals surface area contributed by atoms with Crippen LogP contribution in [0.15, 0.2) is 34.3 Å². The molecule has 0 aromatic carbocycles. The number of hydrogen-bond donors (Lipinski definition) is 0. The predicted molar refractivity (Wildman–Crippen MR) is 60.6 cm³/mol.